The summed E-state index contributed by atoms with van der Waals surface area (Å²) in [6, 6.07) is 17.0. The predicted octanol–water partition coefficient (Wildman–Crippen LogP) is 3.56. The third-order valence-corrected chi connectivity index (χ3v) is 4.91. The van der Waals surface area contributed by atoms with Gasteiger partial charge in [0.25, 0.3) is 0 Å². The molecule has 5 nitrogen and oxygen atoms in total. The van der Waals surface area contributed by atoms with Gasteiger partial charge in [-0.2, -0.15) is 0 Å². The number of aliphatic imine (C=N–C) groups is 1. The lowest BCUT2D eigenvalue weighted by atomic mass is 10.1. The van der Waals surface area contributed by atoms with Gasteiger partial charge >= 0.3 is 0 Å². The van der Waals surface area contributed by atoms with E-state index in [1.807, 2.05) is 0 Å². The van der Waals surface area contributed by atoms with E-state index in [1.54, 1.807) is 7.05 Å². The summed E-state index contributed by atoms with van der Waals surface area (Å²) in [4.78, 5) is 4.31. The van der Waals surface area contributed by atoms with Crippen LogP contribution in [0.3, 0.4) is 0 Å². The first-order chi connectivity index (χ1) is 13.7. The van der Waals surface area contributed by atoms with Crippen molar-refractivity contribution in [2.75, 3.05) is 20.3 Å². The van der Waals surface area contributed by atoms with Crippen LogP contribution in [0.5, 0.6) is 0 Å². The van der Waals surface area contributed by atoms with Gasteiger partial charge in [-0.15, -0.1) is 0 Å². The summed E-state index contributed by atoms with van der Waals surface area (Å²) in [5.41, 5.74) is 4.92. The van der Waals surface area contributed by atoms with Crippen LogP contribution in [0.15, 0.2) is 53.5 Å². The van der Waals surface area contributed by atoms with E-state index in [-0.39, 0.29) is 0 Å². The maximum Gasteiger partial charge on any atom is 0.191 e. The van der Waals surface area contributed by atoms with Crippen LogP contribution in [-0.2, 0) is 29.2 Å². The smallest absolute Gasteiger partial charge is 0.191 e. The van der Waals surface area contributed by atoms with Crippen LogP contribution in [0.1, 0.15) is 35.1 Å². The number of benzene rings is 2. The molecule has 3 rings (SSSR count). The Morgan fingerprint density at radius 1 is 1.00 bits per heavy atom. The summed E-state index contributed by atoms with van der Waals surface area (Å²) in [5, 5.41) is 6.74. The quantitative estimate of drug-likeness (QED) is 0.569. The zero-order valence-corrected chi connectivity index (χ0v) is 16.9. The molecule has 1 heterocycles. The SMILES string of the molecule is CN=C(NCc1ccc(C)cc1)NCc1cccc(COC2CCOCC2)c1. The van der Waals surface area contributed by atoms with Gasteiger partial charge in [0.2, 0.25) is 0 Å². The Bertz CT molecular complexity index is 753. The van der Waals surface area contributed by atoms with Crippen LogP contribution in [0.2, 0.25) is 0 Å². The molecule has 0 atom stereocenters. The van der Waals surface area contributed by atoms with Gasteiger partial charge in [0.05, 0.1) is 12.7 Å². The van der Waals surface area contributed by atoms with Crippen LogP contribution in [0.4, 0.5) is 0 Å². The molecule has 0 aliphatic carbocycles. The van der Waals surface area contributed by atoms with E-state index in [1.165, 1.54) is 22.3 Å². The van der Waals surface area contributed by atoms with Gasteiger partial charge in [0.15, 0.2) is 5.96 Å². The number of aryl methyl sites for hydroxylation is 1. The molecule has 1 saturated heterocycles. The lowest BCUT2D eigenvalue weighted by molar-refractivity contribution is -0.0390. The first-order valence-electron chi connectivity index (χ1n) is 10.00. The van der Waals surface area contributed by atoms with Crippen molar-refractivity contribution in [1.29, 1.82) is 0 Å². The van der Waals surface area contributed by atoms with Gasteiger partial charge in [-0.05, 0) is 36.5 Å². The second-order valence-electron chi connectivity index (χ2n) is 7.21. The molecule has 0 amide bonds. The van der Waals surface area contributed by atoms with Crippen LogP contribution in [0.25, 0.3) is 0 Å². The fourth-order valence-corrected chi connectivity index (χ4v) is 3.18. The average molecular weight is 382 g/mol. The Morgan fingerprint density at radius 2 is 1.68 bits per heavy atom. The zero-order chi connectivity index (χ0) is 19.6. The van der Waals surface area contributed by atoms with E-state index >= 15 is 0 Å². The minimum Gasteiger partial charge on any atom is -0.381 e. The zero-order valence-electron chi connectivity index (χ0n) is 16.9. The molecule has 1 aliphatic rings. The number of nitrogens with one attached hydrogen (secondary N) is 2. The van der Waals surface area contributed by atoms with Crippen LogP contribution in [-0.4, -0.2) is 32.3 Å². The number of hydrogen-bond acceptors (Lipinski definition) is 3. The minimum absolute atomic E-state index is 0.320. The maximum atomic E-state index is 6.03. The third kappa shape index (κ3) is 6.66. The van der Waals surface area contributed by atoms with Gasteiger partial charge in [-0.3, -0.25) is 4.99 Å². The van der Waals surface area contributed by atoms with Crippen molar-refractivity contribution in [3.8, 4) is 0 Å². The van der Waals surface area contributed by atoms with Gasteiger partial charge in [-0.25, -0.2) is 0 Å². The first-order valence-corrected chi connectivity index (χ1v) is 10.00. The largest absolute Gasteiger partial charge is 0.381 e. The summed E-state index contributed by atoms with van der Waals surface area (Å²) < 4.78 is 11.4. The second kappa shape index (κ2) is 10.8. The predicted molar refractivity (Wildman–Crippen MR) is 113 cm³/mol. The second-order valence-corrected chi connectivity index (χ2v) is 7.21. The van der Waals surface area contributed by atoms with E-state index in [0.29, 0.717) is 12.7 Å². The van der Waals surface area contributed by atoms with Crippen molar-refractivity contribution in [1.82, 2.24) is 10.6 Å². The highest BCUT2D eigenvalue weighted by molar-refractivity contribution is 5.79. The van der Waals surface area contributed by atoms with Gasteiger partial charge in [0, 0.05) is 33.4 Å². The highest BCUT2D eigenvalue weighted by atomic mass is 16.5. The molecular formula is C23H31N3O2. The van der Waals surface area contributed by atoms with E-state index < -0.39 is 0 Å². The summed E-state index contributed by atoms with van der Waals surface area (Å²) in [6.07, 6.45) is 2.30. The summed E-state index contributed by atoms with van der Waals surface area (Å²) in [6.45, 7) is 5.84. The molecular weight excluding hydrogens is 350 g/mol. The molecule has 2 aromatic carbocycles. The molecule has 0 saturated carbocycles. The first kappa shape index (κ1) is 20.4. The fourth-order valence-electron chi connectivity index (χ4n) is 3.18. The summed E-state index contributed by atoms with van der Waals surface area (Å²) in [7, 11) is 1.79. The normalized spacial score (nSPS) is 15.4. The van der Waals surface area contributed by atoms with Crippen LogP contribution in [0, 0.1) is 6.92 Å². The average Bonchev–Trinajstić information content (AvgIpc) is 2.75. The number of hydrogen-bond donors (Lipinski definition) is 2. The lowest BCUT2D eigenvalue weighted by Gasteiger charge is -2.22. The standard InChI is InChI=1S/C23H31N3O2/c1-18-6-8-19(9-7-18)15-25-23(24-2)26-16-20-4-3-5-21(14-20)17-28-22-10-12-27-13-11-22/h3-9,14,22H,10-13,15-17H2,1-2H3,(H2,24,25,26). The number of nitrogens with zero attached hydrogens (tertiary/aromatic N) is 1. The molecule has 0 spiro atoms. The highest BCUT2D eigenvalue weighted by Crippen LogP contribution is 2.14. The molecule has 0 radical (unpaired) electrons. The van der Waals surface area contributed by atoms with Crippen molar-refractivity contribution in [3.63, 3.8) is 0 Å². The van der Waals surface area contributed by atoms with Gasteiger partial charge in [0.1, 0.15) is 0 Å². The van der Waals surface area contributed by atoms with Gasteiger partial charge in [-0.1, -0.05) is 54.1 Å². The molecule has 5 heteroatoms. The van der Waals surface area contributed by atoms with E-state index in [2.05, 4.69) is 71.1 Å². The van der Waals surface area contributed by atoms with E-state index in [9.17, 15) is 0 Å². The molecule has 0 unspecified atom stereocenters. The fraction of sp³-hybridized carbons (Fsp3) is 0.435. The molecule has 150 valence electrons. The Balaban J connectivity index is 1.45. The Kier molecular flexibility index (Phi) is 7.88. The number of rotatable bonds is 7. The third-order valence-electron chi connectivity index (χ3n) is 4.91. The topological polar surface area (TPSA) is 54.9 Å². The molecule has 1 fully saturated rings. The van der Waals surface area contributed by atoms with Crippen molar-refractivity contribution in [3.05, 3.63) is 70.8 Å². The van der Waals surface area contributed by atoms with Crippen LogP contribution >= 0.6 is 0 Å². The maximum absolute atomic E-state index is 6.03. The molecule has 2 N–H and O–H groups in total. The molecule has 2 aromatic rings. The van der Waals surface area contributed by atoms with E-state index in [4.69, 9.17) is 9.47 Å². The molecule has 1 aliphatic heterocycles. The van der Waals surface area contributed by atoms with Gasteiger partial charge < -0.3 is 20.1 Å². The summed E-state index contributed by atoms with van der Waals surface area (Å²) >= 11 is 0. The molecule has 0 bridgehead atoms. The number of ether oxygens (including phenoxy) is 2. The van der Waals surface area contributed by atoms with Crippen molar-refractivity contribution in [2.24, 2.45) is 4.99 Å². The van der Waals surface area contributed by atoms with Crippen molar-refractivity contribution in [2.45, 2.75) is 45.6 Å². The highest BCUT2D eigenvalue weighted by Gasteiger charge is 2.14. The van der Waals surface area contributed by atoms with Crippen LogP contribution < -0.4 is 10.6 Å². The Morgan fingerprint density at radius 3 is 2.39 bits per heavy atom. The molecule has 28 heavy (non-hydrogen) atoms. The lowest BCUT2D eigenvalue weighted by Crippen LogP contribution is -2.36. The summed E-state index contributed by atoms with van der Waals surface area (Å²) in [5.74, 6) is 0.796. The van der Waals surface area contributed by atoms with Crippen molar-refractivity contribution < 1.29 is 9.47 Å². The Hall–Kier alpha value is -2.37. The monoisotopic (exact) mass is 381 g/mol. The number of guanidine groups is 1. The molecule has 0 aromatic heterocycles. The van der Waals surface area contributed by atoms with E-state index in [0.717, 1.165) is 45.1 Å². The van der Waals surface area contributed by atoms with Crippen molar-refractivity contribution >= 4 is 5.96 Å². The minimum atomic E-state index is 0.320. The Labute approximate surface area is 168 Å².